The number of nitrogens with zero attached hydrogens (tertiary/aromatic N) is 1. The van der Waals surface area contributed by atoms with Gasteiger partial charge in [0.2, 0.25) is 11.8 Å². The molecule has 0 radical (unpaired) electrons. The predicted molar refractivity (Wildman–Crippen MR) is 125 cm³/mol. The fourth-order valence-corrected chi connectivity index (χ4v) is 4.05. The maximum Gasteiger partial charge on any atom is 0.247 e. The molecule has 0 aliphatic heterocycles. The van der Waals surface area contributed by atoms with Crippen LogP contribution < -0.4 is 10.6 Å². The third-order valence-electron chi connectivity index (χ3n) is 4.82. The second-order valence-electron chi connectivity index (χ2n) is 7.40. The second-order valence-corrected chi connectivity index (χ2v) is 8.25. The van der Waals surface area contributed by atoms with Gasteiger partial charge in [-0.2, -0.15) is 0 Å². The number of para-hydroxylation sites is 1. The average molecular weight is 446 g/mol. The van der Waals surface area contributed by atoms with Crippen molar-refractivity contribution in [1.29, 1.82) is 0 Å². The molecule has 0 bridgehead atoms. The zero-order valence-electron chi connectivity index (χ0n) is 17.6. The van der Waals surface area contributed by atoms with E-state index in [1.807, 2.05) is 85.1 Å². The molecule has 2 heterocycles. The number of furan rings is 1. The number of benzene rings is 2. The molecule has 2 amide bonds. The standard InChI is InChI=1S/C25H23N3O3S/c1-17-12-13-22(31-17)25-27-20(16-32-25)15-23(29)28-21(14-18-8-4-2-5-9-18)24(30)26-19-10-6-3-7-11-19/h2-13,16,21H,14-15H2,1H3,(H,26,30)(H,28,29). The summed E-state index contributed by atoms with van der Waals surface area (Å²) in [6.45, 7) is 1.87. The first-order chi connectivity index (χ1) is 15.6. The molecule has 7 heteroatoms. The molecule has 6 nitrogen and oxygen atoms in total. The molecule has 2 N–H and O–H groups in total. The van der Waals surface area contributed by atoms with E-state index in [0.717, 1.165) is 16.3 Å². The lowest BCUT2D eigenvalue weighted by molar-refractivity contribution is -0.126. The molecule has 1 unspecified atom stereocenters. The molecule has 2 aromatic heterocycles. The summed E-state index contributed by atoms with van der Waals surface area (Å²) in [6.07, 6.45) is 0.472. The number of nitrogens with one attached hydrogen (secondary N) is 2. The topological polar surface area (TPSA) is 84.2 Å². The van der Waals surface area contributed by atoms with Crippen molar-refractivity contribution >= 4 is 28.8 Å². The molecule has 4 aromatic rings. The highest BCUT2D eigenvalue weighted by Gasteiger charge is 2.22. The zero-order chi connectivity index (χ0) is 22.3. The van der Waals surface area contributed by atoms with Gasteiger partial charge in [0.15, 0.2) is 10.8 Å². The number of rotatable bonds is 8. The minimum absolute atomic E-state index is 0.0834. The smallest absolute Gasteiger partial charge is 0.247 e. The summed E-state index contributed by atoms with van der Waals surface area (Å²) < 4.78 is 5.60. The quantitative estimate of drug-likeness (QED) is 0.414. The van der Waals surface area contributed by atoms with E-state index < -0.39 is 6.04 Å². The average Bonchev–Trinajstić information content (AvgIpc) is 3.43. The van der Waals surface area contributed by atoms with Gasteiger partial charge in [0, 0.05) is 17.5 Å². The number of carbonyl (C=O) groups excluding carboxylic acids is 2. The van der Waals surface area contributed by atoms with Crippen LogP contribution in [0, 0.1) is 6.92 Å². The lowest BCUT2D eigenvalue weighted by atomic mass is 10.0. The fourth-order valence-electron chi connectivity index (χ4n) is 3.27. The third-order valence-corrected chi connectivity index (χ3v) is 5.73. The molecule has 4 rings (SSSR count). The molecule has 0 aliphatic carbocycles. The highest BCUT2D eigenvalue weighted by atomic mass is 32.1. The Labute approximate surface area is 190 Å². The van der Waals surface area contributed by atoms with Gasteiger partial charge in [-0.05, 0) is 36.8 Å². The molecule has 0 saturated carbocycles. The first kappa shape index (κ1) is 21.5. The third kappa shape index (κ3) is 5.70. The molecule has 0 saturated heterocycles. The molecule has 1 atom stereocenters. The van der Waals surface area contributed by atoms with Crippen LogP contribution in [0.5, 0.6) is 0 Å². The van der Waals surface area contributed by atoms with E-state index in [9.17, 15) is 9.59 Å². The SMILES string of the molecule is Cc1ccc(-c2nc(CC(=O)NC(Cc3ccccc3)C(=O)Nc3ccccc3)cs2)o1. The van der Waals surface area contributed by atoms with Gasteiger partial charge in [0.05, 0.1) is 12.1 Å². The van der Waals surface area contributed by atoms with Gasteiger partial charge in [-0.15, -0.1) is 11.3 Å². The predicted octanol–water partition coefficient (Wildman–Crippen LogP) is 4.62. The first-order valence-electron chi connectivity index (χ1n) is 10.3. The minimum atomic E-state index is -0.712. The Bertz CT molecular complexity index is 1190. The molecule has 2 aromatic carbocycles. The van der Waals surface area contributed by atoms with Crippen LogP contribution in [-0.4, -0.2) is 22.8 Å². The number of aromatic nitrogens is 1. The van der Waals surface area contributed by atoms with Crippen molar-refractivity contribution < 1.29 is 14.0 Å². The van der Waals surface area contributed by atoms with Crippen LogP contribution in [0.2, 0.25) is 0 Å². The van der Waals surface area contributed by atoms with Crippen LogP contribution in [0.25, 0.3) is 10.8 Å². The van der Waals surface area contributed by atoms with E-state index in [-0.39, 0.29) is 18.2 Å². The summed E-state index contributed by atoms with van der Waals surface area (Å²) in [7, 11) is 0. The summed E-state index contributed by atoms with van der Waals surface area (Å²) in [5.74, 6) is 0.964. The Hall–Kier alpha value is -3.71. The van der Waals surface area contributed by atoms with E-state index >= 15 is 0 Å². The second kappa shape index (κ2) is 10.1. The highest BCUT2D eigenvalue weighted by molar-refractivity contribution is 7.13. The molecule has 0 fully saturated rings. The van der Waals surface area contributed by atoms with Crippen LogP contribution in [0.3, 0.4) is 0 Å². The Balaban J connectivity index is 1.44. The van der Waals surface area contributed by atoms with Crippen molar-refractivity contribution in [2.75, 3.05) is 5.32 Å². The van der Waals surface area contributed by atoms with Gasteiger partial charge in [0.1, 0.15) is 11.8 Å². The normalized spacial score (nSPS) is 11.7. The van der Waals surface area contributed by atoms with Gasteiger partial charge in [-0.25, -0.2) is 4.98 Å². The summed E-state index contributed by atoms with van der Waals surface area (Å²) in [6, 6.07) is 21.8. The number of hydrogen-bond acceptors (Lipinski definition) is 5. The Morgan fingerprint density at radius 1 is 1.00 bits per heavy atom. The van der Waals surface area contributed by atoms with Crippen molar-refractivity contribution in [3.05, 3.63) is 95.2 Å². The van der Waals surface area contributed by atoms with Crippen molar-refractivity contribution in [3.63, 3.8) is 0 Å². The number of thiazole rings is 1. The van der Waals surface area contributed by atoms with Gasteiger partial charge in [0.25, 0.3) is 0 Å². The molecular weight excluding hydrogens is 422 g/mol. The minimum Gasteiger partial charge on any atom is -0.459 e. The summed E-state index contributed by atoms with van der Waals surface area (Å²) in [4.78, 5) is 30.2. The zero-order valence-corrected chi connectivity index (χ0v) is 18.4. The van der Waals surface area contributed by atoms with Crippen LogP contribution in [0.15, 0.2) is 82.6 Å². The fraction of sp³-hybridized carbons (Fsp3) is 0.160. The molecular formula is C25H23N3O3S. The molecule has 0 aliphatic rings. The van der Waals surface area contributed by atoms with Crippen molar-refractivity contribution in [2.24, 2.45) is 0 Å². The van der Waals surface area contributed by atoms with E-state index in [4.69, 9.17) is 4.42 Å². The number of amides is 2. The van der Waals surface area contributed by atoms with Crippen molar-refractivity contribution in [1.82, 2.24) is 10.3 Å². The van der Waals surface area contributed by atoms with Crippen LogP contribution in [0.1, 0.15) is 17.0 Å². The lowest BCUT2D eigenvalue weighted by Gasteiger charge is -2.18. The molecule has 32 heavy (non-hydrogen) atoms. The Morgan fingerprint density at radius 3 is 2.41 bits per heavy atom. The van der Waals surface area contributed by atoms with Crippen LogP contribution in [-0.2, 0) is 22.4 Å². The highest BCUT2D eigenvalue weighted by Crippen LogP contribution is 2.25. The van der Waals surface area contributed by atoms with Crippen molar-refractivity contribution in [3.8, 4) is 10.8 Å². The monoisotopic (exact) mass is 445 g/mol. The van der Waals surface area contributed by atoms with E-state index in [0.29, 0.717) is 23.6 Å². The van der Waals surface area contributed by atoms with E-state index in [1.165, 1.54) is 11.3 Å². The summed E-state index contributed by atoms with van der Waals surface area (Å²) in [5, 5.41) is 8.32. The summed E-state index contributed by atoms with van der Waals surface area (Å²) in [5.41, 5.74) is 2.28. The molecule has 162 valence electrons. The van der Waals surface area contributed by atoms with Crippen LogP contribution >= 0.6 is 11.3 Å². The van der Waals surface area contributed by atoms with E-state index in [1.54, 1.807) is 0 Å². The number of anilines is 1. The van der Waals surface area contributed by atoms with E-state index in [2.05, 4.69) is 15.6 Å². The van der Waals surface area contributed by atoms with Gasteiger partial charge >= 0.3 is 0 Å². The van der Waals surface area contributed by atoms with Crippen LogP contribution in [0.4, 0.5) is 5.69 Å². The Morgan fingerprint density at radius 2 is 1.72 bits per heavy atom. The van der Waals surface area contributed by atoms with Gasteiger partial charge in [-0.3, -0.25) is 9.59 Å². The molecule has 0 spiro atoms. The summed E-state index contributed by atoms with van der Waals surface area (Å²) >= 11 is 1.42. The first-order valence-corrected chi connectivity index (χ1v) is 11.2. The lowest BCUT2D eigenvalue weighted by Crippen LogP contribution is -2.45. The van der Waals surface area contributed by atoms with Gasteiger partial charge < -0.3 is 15.1 Å². The largest absolute Gasteiger partial charge is 0.459 e. The van der Waals surface area contributed by atoms with Crippen molar-refractivity contribution in [2.45, 2.75) is 25.8 Å². The number of aryl methyl sites for hydroxylation is 1. The maximum atomic E-state index is 12.9. The number of hydrogen-bond donors (Lipinski definition) is 2. The maximum absolute atomic E-state index is 12.9. The van der Waals surface area contributed by atoms with Gasteiger partial charge in [-0.1, -0.05) is 48.5 Å². The Kier molecular flexibility index (Phi) is 6.77. The number of carbonyl (C=O) groups is 2.